The summed E-state index contributed by atoms with van der Waals surface area (Å²) in [6.45, 7) is 0. The summed E-state index contributed by atoms with van der Waals surface area (Å²) in [6.07, 6.45) is -1.53. The number of hydrogen-bond acceptors (Lipinski definition) is 1. The van der Waals surface area contributed by atoms with Gasteiger partial charge in [0.05, 0.1) is 0 Å². The van der Waals surface area contributed by atoms with Crippen molar-refractivity contribution in [1.29, 1.82) is 0 Å². The molecule has 2 aliphatic carbocycles. The van der Waals surface area contributed by atoms with E-state index in [0.29, 0.717) is 6.42 Å². The SMILES string of the molecule is O=C(O)C1(C(F)(F)F)C[C@@H]2C=CC1C2. The molecule has 2 aliphatic rings. The molecule has 0 spiro atoms. The summed E-state index contributed by atoms with van der Waals surface area (Å²) in [6, 6.07) is 0. The van der Waals surface area contributed by atoms with Crippen molar-refractivity contribution in [2.24, 2.45) is 17.3 Å². The Morgan fingerprint density at radius 1 is 1.43 bits per heavy atom. The van der Waals surface area contributed by atoms with Gasteiger partial charge in [-0.1, -0.05) is 12.2 Å². The standard InChI is InChI=1S/C9H9F3O2/c10-9(11,12)8(7(13)14)4-5-1-2-6(8)3-5/h1-2,5-6H,3-4H2,(H,13,14)/t5-,6?,8?/m1/s1. The topological polar surface area (TPSA) is 37.3 Å². The molecule has 78 valence electrons. The molecule has 0 aromatic rings. The van der Waals surface area contributed by atoms with Crippen LogP contribution in [0.3, 0.4) is 0 Å². The van der Waals surface area contributed by atoms with Crippen LogP contribution in [0.25, 0.3) is 0 Å². The summed E-state index contributed by atoms with van der Waals surface area (Å²) in [5.41, 5.74) is -2.52. The second kappa shape index (κ2) is 2.52. The van der Waals surface area contributed by atoms with Gasteiger partial charge >= 0.3 is 12.1 Å². The van der Waals surface area contributed by atoms with Crippen LogP contribution >= 0.6 is 0 Å². The highest BCUT2D eigenvalue weighted by molar-refractivity contribution is 5.77. The summed E-state index contributed by atoms with van der Waals surface area (Å²) in [5.74, 6) is -2.82. The van der Waals surface area contributed by atoms with Gasteiger partial charge < -0.3 is 5.11 Å². The van der Waals surface area contributed by atoms with Crippen LogP contribution in [0.1, 0.15) is 12.8 Å². The third-order valence-electron chi connectivity index (χ3n) is 3.28. The van der Waals surface area contributed by atoms with Crippen molar-refractivity contribution in [3.05, 3.63) is 12.2 Å². The van der Waals surface area contributed by atoms with Gasteiger partial charge in [0.2, 0.25) is 0 Å². The van der Waals surface area contributed by atoms with E-state index in [1.54, 1.807) is 6.08 Å². The first-order valence-electron chi connectivity index (χ1n) is 4.36. The number of rotatable bonds is 1. The highest BCUT2D eigenvalue weighted by Crippen LogP contribution is 2.59. The Labute approximate surface area is 78.4 Å². The highest BCUT2D eigenvalue weighted by Gasteiger charge is 2.68. The molecule has 2 unspecified atom stereocenters. The lowest BCUT2D eigenvalue weighted by atomic mass is 9.75. The predicted molar refractivity (Wildman–Crippen MR) is 41.5 cm³/mol. The molecular weight excluding hydrogens is 197 g/mol. The van der Waals surface area contributed by atoms with Gasteiger partial charge in [-0.2, -0.15) is 13.2 Å². The predicted octanol–water partition coefficient (Wildman–Crippen LogP) is 2.22. The van der Waals surface area contributed by atoms with Gasteiger partial charge in [-0.25, -0.2) is 0 Å². The van der Waals surface area contributed by atoms with E-state index in [-0.39, 0.29) is 12.3 Å². The zero-order valence-corrected chi connectivity index (χ0v) is 7.21. The molecule has 0 heterocycles. The maximum Gasteiger partial charge on any atom is 0.405 e. The van der Waals surface area contributed by atoms with Crippen LogP contribution in [0.15, 0.2) is 12.2 Å². The minimum absolute atomic E-state index is 0.210. The second-order valence-electron chi connectivity index (χ2n) is 3.97. The number of hydrogen-bond donors (Lipinski definition) is 1. The van der Waals surface area contributed by atoms with Crippen molar-refractivity contribution in [1.82, 2.24) is 0 Å². The molecule has 1 fully saturated rings. The van der Waals surface area contributed by atoms with Crippen molar-refractivity contribution in [3.8, 4) is 0 Å². The number of aliphatic carboxylic acids is 1. The summed E-state index contributed by atoms with van der Waals surface area (Å²) < 4.78 is 38.1. The first kappa shape index (κ1) is 9.55. The molecule has 0 radical (unpaired) electrons. The Bertz CT molecular complexity index is 308. The van der Waals surface area contributed by atoms with E-state index in [0.717, 1.165) is 0 Å². The summed E-state index contributed by atoms with van der Waals surface area (Å²) >= 11 is 0. The molecule has 2 bridgehead atoms. The maximum absolute atomic E-state index is 12.7. The van der Waals surface area contributed by atoms with Gasteiger partial charge in [0.15, 0.2) is 5.41 Å². The summed E-state index contributed by atoms with van der Waals surface area (Å²) in [7, 11) is 0. The Morgan fingerprint density at radius 2 is 2.07 bits per heavy atom. The minimum atomic E-state index is -4.65. The second-order valence-corrected chi connectivity index (χ2v) is 3.97. The van der Waals surface area contributed by atoms with E-state index in [1.165, 1.54) is 6.08 Å². The fourth-order valence-corrected chi connectivity index (χ4v) is 2.55. The van der Waals surface area contributed by atoms with Crippen molar-refractivity contribution >= 4 is 5.97 Å². The maximum atomic E-state index is 12.7. The molecule has 0 aromatic heterocycles. The molecule has 1 saturated carbocycles. The molecule has 2 nitrogen and oxygen atoms in total. The highest BCUT2D eigenvalue weighted by atomic mass is 19.4. The summed E-state index contributed by atoms with van der Waals surface area (Å²) in [4.78, 5) is 10.8. The van der Waals surface area contributed by atoms with E-state index >= 15 is 0 Å². The van der Waals surface area contributed by atoms with Crippen LogP contribution in [0.5, 0.6) is 0 Å². The van der Waals surface area contributed by atoms with Gasteiger partial charge in [0, 0.05) is 5.92 Å². The van der Waals surface area contributed by atoms with E-state index < -0.39 is 23.5 Å². The average Bonchev–Trinajstić information content (AvgIpc) is 2.59. The molecule has 1 N–H and O–H groups in total. The quantitative estimate of drug-likeness (QED) is 0.668. The number of carbonyl (C=O) groups is 1. The van der Waals surface area contributed by atoms with Gasteiger partial charge in [-0.3, -0.25) is 4.79 Å². The van der Waals surface area contributed by atoms with Gasteiger partial charge in [0.25, 0.3) is 0 Å². The van der Waals surface area contributed by atoms with Crippen LogP contribution in [0.4, 0.5) is 13.2 Å². The Balaban J connectivity index is 2.44. The van der Waals surface area contributed by atoms with Crippen LogP contribution in [-0.2, 0) is 4.79 Å². The lowest BCUT2D eigenvalue weighted by Gasteiger charge is -2.32. The number of carboxylic acids is 1. The summed E-state index contributed by atoms with van der Waals surface area (Å²) in [5, 5.41) is 8.77. The zero-order valence-electron chi connectivity index (χ0n) is 7.21. The fraction of sp³-hybridized carbons (Fsp3) is 0.667. The van der Waals surface area contributed by atoms with E-state index in [2.05, 4.69) is 0 Å². The van der Waals surface area contributed by atoms with E-state index in [1.807, 2.05) is 0 Å². The Hall–Kier alpha value is -1.00. The van der Waals surface area contributed by atoms with Crippen molar-refractivity contribution in [2.45, 2.75) is 19.0 Å². The van der Waals surface area contributed by atoms with Gasteiger partial charge in [0.1, 0.15) is 0 Å². The van der Waals surface area contributed by atoms with Crippen molar-refractivity contribution < 1.29 is 23.1 Å². The zero-order chi connectivity index (χ0) is 10.6. The lowest BCUT2D eigenvalue weighted by Crippen LogP contribution is -2.48. The fourth-order valence-electron chi connectivity index (χ4n) is 2.55. The number of allylic oxidation sites excluding steroid dienone is 2. The molecule has 3 atom stereocenters. The minimum Gasteiger partial charge on any atom is -0.481 e. The van der Waals surface area contributed by atoms with Crippen LogP contribution in [0, 0.1) is 17.3 Å². The van der Waals surface area contributed by atoms with Gasteiger partial charge in [-0.15, -0.1) is 0 Å². The lowest BCUT2D eigenvalue weighted by molar-refractivity contribution is -0.238. The Morgan fingerprint density at radius 3 is 2.29 bits per heavy atom. The van der Waals surface area contributed by atoms with Crippen LogP contribution in [-0.4, -0.2) is 17.3 Å². The first-order valence-corrected chi connectivity index (χ1v) is 4.36. The smallest absolute Gasteiger partial charge is 0.405 e. The third-order valence-corrected chi connectivity index (χ3v) is 3.28. The van der Waals surface area contributed by atoms with Gasteiger partial charge in [-0.05, 0) is 18.8 Å². The normalized spacial score (nSPS) is 40.5. The largest absolute Gasteiger partial charge is 0.481 e. The molecule has 0 aliphatic heterocycles. The van der Waals surface area contributed by atoms with Crippen molar-refractivity contribution in [3.63, 3.8) is 0 Å². The molecule has 5 heteroatoms. The number of carboxylic acid groups (broad SMARTS) is 1. The molecule has 2 rings (SSSR count). The monoisotopic (exact) mass is 206 g/mol. The molecule has 0 saturated heterocycles. The van der Waals surface area contributed by atoms with Crippen molar-refractivity contribution in [2.75, 3.05) is 0 Å². The molecular formula is C9H9F3O2. The number of halogens is 3. The van der Waals surface area contributed by atoms with Crippen LogP contribution < -0.4 is 0 Å². The first-order chi connectivity index (χ1) is 6.38. The van der Waals surface area contributed by atoms with Crippen LogP contribution in [0.2, 0.25) is 0 Å². The molecule has 0 aromatic carbocycles. The van der Waals surface area contributed by atoms with E-state index in [4.69, 9.17) is 5.11 Å². The molecule has 0 amide bonds. The average molecular weight is 206 g/mol. The molecule has 14 heavy (non-hydrogen) atoms. The third kappa shape index (κ3) is 0.952. The van der Waals surface area contributed by atoms with E-state index in [9.17, 15) is 18.0 Å². The number of fused-ring (bicyclic) bond motifs is 2. The Kier molecular flexibility index (Phi) is 1.72. The number of alkyl halides is 3.